The molecule has 0 aliphatic heterocycles. The third-order valence-corrected chi connectivity index (χ3v) is 23.3. The Labute approximate surface area is 741 Å². The number of aromatic nitrogens is 6. The minimum absolute atomic E-state index is 0.00783. The van der Waals surface area contributed by atoms with Crippen LogP contribution in [0.25, 0.3) is 156 Å². The van der Waals surface area contributed by atoms with Gasteiger partial charge in [0.2, 0.25) is 28.5 Å². The van der Waals surface area contributed by atoms with Gasteiger partial charge in [0.15, 0.2) is 58.3 Å². The fourth-order valence-electron chi connectivity index (χ4n) is 16.3. The van der Waals surface area contributed by atoms with Crippen LogP contribution in [0.1, 0.15) is 152 Å². The van der Waals surface area contributed by atoms with Gasteiger partial charge in [-0.25, -0.2) is 37.9 Å². The lowest BCUT2D eigenvalue weighted by Crippen LogP contribution is -2.35. The zero-order valence-electron chi connectivity index (χ0n) is 88.2. The van der Waals surface area contributed by atoms with Gasteiger partial charge in [0, 0.05) is 78.8 Å². The lowest BCUT2D eigenvalue weighted by molar-refractivity contribution is -0.665. The van der Waals surface area contributed by atoms with Crippen molar-refractivity contribution in [3.63, 3.8) is 0 Å². The molecule has 0 aliphatic rings. The first kappa shape index (κ1) is 67.6. The van der Waals surface area contributed by atoms with E-state index in [1.165, 1.54) is 57.0 Å². The largest absolute Gasteiger partial charge is 0.338 e. The van der Waals surface area contributed by atoms with Gasteiger partial charge in [-0.3, -0.25) is 0 Å². The van der Waals surface area contributed by atoms with E-state index in [2.05, 4.69) is 123 Å². The number of aryl methyl sites for hydroxylation is 5. The average molecular weight is 1610 g/mol. The summed E-state index contributed by atoms with van der Waals surface area (Å²) < 4.78 is 135. The number of para-hydroxylation sites is 1. The van der Waals surface area contributed by atoms with Gasteiger partial charge in [0.1, 0.15) is 39.4 Å². The zero-order valence-corrected chi connectivity index (χ0v) is 73.2. The summed E-state index contributed by atoms with van der Waals surface area (Å²) in [6.45, 7) is 65.4. The lowest BCUT2D eigenvalue weighted by atomic mass is 9.91. The molecule has 11 aromatic carbocycles. The molecule has 17 aromatic rings. The summed E-state index contributed by atoms with van der Waals surface area (Å²) in [7, 11) is 9.25. The maximum absolute atomic E-state index is 8.68. The molecule has 0 aliphatic carbocycles. The Morgan fingerprint density at radius 1 is 0.336 bits per heavy atom. The van der Waals surface area contributed by atoms with Gasteiger partial charge in [-0.1, -0.05) is 148 Å². The second kappa shape index (κ2) is 35.7. The molecule has 6 heterocycles. The molecule has 0 radical (unpaired) electrons. The van der Waals surface area contributed by atoms with Gasteiger partial charge >= 0.3 is 0 Å². The summed E-state index contributed by atoms with van der Waals surface area (Å²) in [6.07, 6.45) is 0.247. The SMILES string of the molecule is [2H]c1c(C)[n+](C)c(-c2cc3c(cc2C)c2ccccc2n3C(C)C)c2ccc([N+]#[C-])cc12.[2H]c1c([2H])[n+](C)c(-c2cc(C([2H])(C)C([2H])([2H])[2H])cc(C)c2C)c2ccc([N+]#[C-])cc12.[2H]c1c([2H])[n+](C)c(-c2cc(C([2H])(C)C)cc(C)c2C)c2ccc([N+]#[C-])cc12.[2H]c1c([2H])[n+](C)c(-c2cc(C)cc(C)c2C)c2ccc([N+]#[C-])cc12.[2H]c1cc([2H])c(C)c(-c2c3ccc([N+]#[C-])cc3c([2H])c(C)[n+]2C)c1. The van der Waals surface area contributed by atoms with Crippen molar-refractivity contribution in [2.24, 2.45) is 35.2 Å². The van der Waals surface area contributed by atoms with Crippen LogP contribution in [0.15, 0.2) is 237 Å². The number of pyridine rings is 5. The van der Waals surface area contributed by atoms with E-state index in [1.54, 1.807) is 101 Å². The normalized spacial score (nSPS) is 13.5. The molecule has 11 heteroatoms. The second-order valence-electron chi connectivity index (χ2n) is 32.0. The van der Waals surface area contributed by atoms with E-state index in [0.717, 1.165) is 122 Å². The van der Waals surface area contributed by atoms with E-state index in [0.29, 0.717) is 97.0 Å². The van der Waals surface area contributed by atoms with Crippen LogP contribution in [-0.4, -0.2) is 4.57 Å². The van der Waals surface area contributed by atoms with Gasteiger partial charge < -0.3 is 4.57 Å². The Morgan fingerprint density at radius 3 is 1.13 bits per heavy atom. The van der Waals surface area contributed by atoms with E-state index in [1.807, 2.05) is 137 Å². The Balaban J connectivity index is 0.000000145. The second-order valence-corrected chi connectivity index (χ2v) is 32.0. The topological polar surface area (TPSA) is 46.1 Å². The summed E-state index contributed by atoms with van der Waals surface area (Å²) in [5.74, 6) is -2.54. The molecule has 602 valence electrons. The van der Waals surface area contributed by atoms with Crippen molar-refractivity contribution in [2.45, 2.75) is 135 Å². The Morgan fingerprint density at radius 2 is 0.721 bits per heavy atom. The highest BCUT2D eigenvalue weighted by atomic mass is 15.0. The molecular formula is C111H108N11+5. The average Bonchev–Trinajstić information content (AvgIpc) is 1.57. The van der Waals surface area contributed by atoms with Crippen LogP contribution in [0.2, 0.25) is 0 Å². The molecule has 0 bridgehead atoms. The van der Waals surface area contributed by atoms with E-state index < -0.39 is 18.6 Å². The summed E-state index contributed by atoms with van der Waals surface area (Å²) in [5, 5.41) is 10.1. The minimum atomic E-state index is -2.51. The summed E-state index contributed by atoms with van der Waals surface area (Å²) >= 11 is 0. The van der Waals surface area contributed by atoms with Crippen LogP contribution in [0.4, 0.5) is 28.4 Å². The molecule has 0 saturated carbocycles. The third-order valence-electron chi connectivity index (χ3n) is 23.3. The van der Waals surface area contributed by atoms with E-state index in [-0.39, 0.29) is 36.6 Å². The summed E-state index contributed by atoms with van der Waals surface area (Å²) in [5.41, 5.74) is 26.4. The first-order chi connectivity index (χ1) is 64.4. The maximum Gasteiger partial charge on any atom is 0.220 e. The standard InChI is InChI=1S/C28H26N3.2C22H23N2.C20H19N2.C19H17N2/c1-17(2)31-26-10-8-7-9-23(26)25-13-18(3)24(16-27(25)31)28-22-12-11-21(29-5)15-20(22)14-19(4)30(28)6;2*1-14(2)18-11-15(3)16(4)21(13-18)22-20-8-7-19(23-5)12-17(20)9-10-24(22)6;1-13-10-14(2)15(3)19(11-13)20-18-7-6-17(21-4)12-16(18)8-9-22(20)5;1-13-7-5-6-8-17(13)19-18-10-9-16(20-3)12-15(18)11-14(2)21(19)4/h7-17H,1-4,6H3;2*7-14H,1-4,6H3;6-12H,1-3,5H3;5-12H,1-2,4H3/q5*+1/i14D;1D3,9D,10D,14D;9D,10D,14D;8D,9D;6D,7D,11D. The molecule has 0 fully saturated rings. The number of benzene rings is 11. The fourth-order valence-corrected chi connectivity index (χ4v) is 16.3. The smallest absolute Gasteiger partial charge is 0.220 e. The van der Waals surface area contributed by atoms with Crippen LogP contribution >= 0.6 is 0 Å². The van der Waals surface area contributed by atoms with Crippen molar-refractivity contribution in [2.75, 3.05) is 0 Å². The van der Waals surface area contributed by atoms with Gasteiger partial charge in [-0.15, -0.1) is 0 Å². The third kappa shape index (κ3) is 16.9. The van der Waals surface area contributed by atoms with Crippen molar-refractivity contribution in [3.8, 4) is 56.3 Å². The predicted octanol–water partition coefficient (Wildman–Crippen LogP) is 27.7. The molecular weight excluding hydrogens is 1490 g/mol. The van der Waals surface area contributed by atoms with Crippen molar-refractivity contribution in [1.82, 2.24) is 4.57 Å². The number of nitrogens with zero attached hydrogens (tertiary/aromatic N) is 11. The molecule has 11 nitrogen and oxygen atoms in total. The van der Waals surface area contributed by atoms with Gasteiger partial charge in [-0.2, -0.15) is 9.13 Å². The molecule has 17 rings (SSSR count). The molecule has 122 heavy (non-hydrogen) atoms. The van der Waals surface area contributed by atoms with Crippen LogP contribution < -0.4 is 22.8 Å². The van der Waals surface area contributed by atoms with E-state index >= 15 is 0 Å². The van der Waals surface area contributed by atoms with Crippen molar-refractivity contribution in [3.05, 3.63) is 366 Å². The van der Waals surface area contributed by atoms with Crippen molar-refractivity contribution < 1.29 is 43.4 Å². The maximum atomic E-state index is 8.68. The van der Waals surface area contributed by atoms with Crippen molar-refractivity contribution >= 4 is 104 Å². The Bertz CT molecular complexity index is 8040. The monoisotopic (exact) mass is 1610 g/mol. The number of hydrogen-bond donors (Lipinski definition) is 0. The highest BCUT2D eigenvalue weighted by molar-refractivity contribution is 6.11. The zero-order chi connectivity index (χ0) is 101. The highest BCUT2D eigenvalue weighted by Crippen LogP contribution is 2.42. The first-order valence-electron chi connectivity index (χ1n) is 47.9. The molecule has 0 saturated heterocycles. The summed E-state index contributed by atoms with van der Waals surface area (Å²) in [4.78, 5) is 17.4. The van der Waals surface area contributed by atoms with Crippen LogP contribution in [0, 0.1) is 109 Å². The first-order valence-corrected chi connectivity index (χ1v) is 40.4. The molecule has 1 unspecified atom stereocenters. The van der Waals surface area contributed by atoms with Crippen LogP contribution in [0.5, 0.6) is 0 Å². The Hall–Kier alpha value is -14.3. The number of fused-ring (bicyclic) bond motifs is 8. The summed E-state index contributed by atoms with van der Waals surface area (Å²) in [6, 6.07) is 57.2. The highest BCUT2D eigenvalue weighted by Gasteiger charge is 2.27. The van der Waals surface area contributed by atoms with Crippen molar-refractivity contribution in [1.29, 1.82) is 0 Å². The quantitative estimate of drug-likeness (QED) is 0.108. The van der Waals surface area contributed by atoms with E-state index in [4.69, 9.17) is 53.4 Å². The number of rotatable bonds is 8. The molecule has 0 spiro atoms. The predicted molar refractivity (Wildman–Crippen MR) is 508 cm³/mol. The van der Waals surface area contributed by atoms with Crippen LogP contribution in [0.3, 0.4) is 0 Å². The van der Waals surface area contributed by atoms with Gasteiger partial charge in [-0.05, 0) is 243 Å². The van der Waals surface area contributed by atoms with Gasteiger partial charge in [0.25, 0.3) is 0 Å². The van der Waals surface area contributed by atoms with Crippen LogP contribution in [-0.2, 0) is 35.2 Å². The Kier molecular flexibility index (Phi) is 19.8. The lowest BCUT2D eigenvalue weighted by Gasteiger charge is -2.14. The minimum Gasteiger partial charge on any atom is -0.338 e. The molecule has 1 atom stereocenters. The molecule has 0 amide bonds. The van der Waals surface area contributed by atoms with Gasteiger partial charge in [0.05, 0.1) is 97.2 Å². The fraction of sp³-hybridized carbons (Fsp3) is 0.225. The molecule has 6 aromatic heterocycles. The molecule has 0 N–H and O–H groups in total. The number of hydrogen-bond acceptors (Lipinski definition) is 0. The van der Waals surface area contributed by atoms with E-state index in [9.17, 15) is 0 Å².